The Morgan fingerprint density at radius 3 is 2.62 bits per heavy atom. The molecule has 16 heavy (non-hydrogen) atoms. The molecule has 0 aromatic heterocycles. The summed E-state index contributed by atoms with van der Waals surface area (Å²) in [6.45, 7) is 4.79. The molecule has 1 fully saturated rings. The fourth-order valence-corrected chi connectivity index (χ4v) is 1.81. The van der Waals surface area contributed by atoms with Gasteiger partial charge in [0.2, 0.25) is 5.91 Å². The van der Waals surface area contributed by atoms with Crippen LogP contribution in [0.2, 0.25) is 0 Å². The fraction of sp³-hybridized carbons (Fsp3) is 0.917. The summed E-state index contributed by atoms with van der Waals surface area (Å²) in [7, 11) is 0. The summed E-state index contributed by atoms with van der Waals surface area (Å²) in [5.74, 6) is -0.103. The lowest BCUT2D eigenvalue weighted by molar-refractivity contribution is -0.125. The molecule has 0 spiro atoms. The van der Waals surface area contributed by atoms with Crippen LogP contribution in [0.25, 0.3) is 0 Å². The Balaban J connectivity index is 1.97. The molecule has 1 aliphatic rings. The first-order valence-corrected chi connectivity index (χ1v) is 6.19. The van der Waals surface area contributed by atoms with Gasteiger partial charge >= 0.3 is 0 Å². The summed E-state index contributed by atoms with van der Waals surface area (Å²) in [4.78, 5) is 11.4. The van der Waals surface area contributed by atoms with Gasteiger partial charge in [-0.1, -0.05) is 12.8 Å². The SMILES string of the molecule is CC(C)(N)C(=O)NCCCOC1CCCC1. The van der Waals surface area contributed by atoms with Crippen molar-refractivity contribution in [1.29, 1.82) is 0 Å². The zero-order valence-corrected chi connectivity index (χ0v) is 10.4. The van der Waals surface area contributed by atoms with Gasteiger partial charge in [-0.05, 0) is 33.1 Å². The summed E-state index contributed by atoms with van der Waals surface area (Å²) in [6.07, 6.45) is 6.30. The van der Waals surface area contributed by atoms with Crippen LogP contribution in [0.4, 0.5) is 0 Å². The van der Waals surface area contributed by atoms with Gasteiger partial charge in [0.05, 0.1) is 11.6 Å². The minimum absolute atomic E-state index is 0.103. The van der Waals surface area contributed by atoms with E-state index in [1.807, 2.05) is 0 Å². The summed E-state index contributed by atoms with van der Waals surface area (Å²) in [6, 6.07) is 0. The van der Waals surface area contributed by atoms with Gasteiger partial charge < -0.3 is 15.8 Å². The Hall–Kier alpha value is -0.610. The second-order valence-corrected chi connectivity index (χ2v) is 5.11. The van der Waals surface area contributed by atoms with Gasteiger partial charge in [-0.3, -0.25) is 4.79 Å². The van der Waals surface area contributed by atoms with Crippen LogP contribution >= 0.6 is 0 Å². The van der Waals surface area contributed by atoms with Crippen LogP contribution in [-0.2, 0) is 9.53 Å². The molecule has 1 aliphatic carbocycles. The number of hydrogen-bond acceptors (Lipinski definition) is 3. The van der Waals surface area contributed by atoms with E-state index in [4.69, 9.17) is 10.5 Å². The third kappa shape index (κ3) is 4.94. The average Bonchev–Trinajstić information content (AvgIpc) is 2.68. The Morgan fingerprint density at radius 1 is 1.44 bits per heavy atom. The third-order valence-electron chi connectivity index (χ3n) is 2.85. The lowest BCUT2D eigenvalue weighted by Gasteiger charge is -2.18. The van der Waals surface area contributed by atoms with Crippen LogP contribution in [0, 0.1) is 0 Å². The highest BCUT2D eigenvalue weighted by atomic mass is 16.5. The topological polar surface area (TPSA) is 64.4 Å². The zero-order valence-electron chi connectivity index (χ0n) is 10.4. The second-order valence-electron chi connectivity index (χ2n) is 5.11. The van der Waals surface area contributed by atoms with E-state index in [2.05, 4.69) is 5.32 Å². The molecule has 1 rings (SSSR count). The standard InChI is InChI=1S/C12H24N2O2/c1-12(2,13)11(15)14-8-5-9-16-10-6-3-4-7-10/h10H,3-9,13H2,1-2H3,(H,14,15). The Kier molecular flexibility index (Phi) is 5.22. The van der Waals surface area contributed by atoms with E-state index in [9.17, 15) is 4.79 Å². The number of ether oxygens (including phenoxy) is 1. The van der Waals surface area contributed by atoms with E-state index in [1.54, 1.807) is 13.8 Å². The molecular formula is C12H24N2O2. The molecule has 4 heteroatoms. The normalized spacial score (nSPS) is 17.7. The molecule has 4 nitrogen and oxygen atoms in total. The predicted octanol–water partition coefficient (Wildman–Crippen LogP) is 1.19. The lowest BCUT2D eigenvalue weighted by atomic mass is 10.1. The molecular weight excluding hydrogens is 204 g/mol. The minimum Gasteiger partial charge on any atom is -0.378 e. The number of nitrogens with one attached hydrogen (secondary N) is 1. The van der Waals surface area contributed by atoms with Crippen molar-refractivity contribution in [2.45, 2.75) is 57.6 Å². The van der Waals surface area contributed by atoms with E-state index in [0.717, 1.165) is 13.0 Å². The maximum absolute atomic E-state index is 11.4. The van der Waals surface area contributed by atoms with Crippen LogP contribution in [-0.4, -0.2) is 30.7 Å². The number of rotatable bonds is 6. The maximum atomic E-state index is 11.4. The van der Waals surface area contributed by atoms with Crippen LogP contribution < -0.4 is 11.1 Å². The number of hydrogen-bond donors (Lipinski definition) is 2. The van der Waals surface area contributed by atoms with E-state index in [1.165, 1.54) is 25.7 Å². The molecule has 0 radical (unpaired) electrons. The van der Waals surface area contributed by atoms with Gasteiger partial charge in [-0.2, -0.15) is 0 Å². The van der Waals surface area contributed by atoms with Gasteiger partial charge in [0, 0.05) is 13.2 Å². The Bertz CT molecular complexity index is 218. The van der Waals surface area contributed by atoms with E-state index < -0.39 is 5.54 Å². The van der Waals surface area contributed by atoms with Gasteiger partial charge in [-0.15, -0.1) is 0 Å². The molecule has 0 aromatic carbocycles. The number of amides is 1. The Morgan fingerprint density at radius 2 is 2.06 bits per heavy atom. The fourth-order valence-electron chi connectivity index (χ4n) is 1.81. The van der Waals surface area contributed by atoms with E-state index in [0.29, 0.717) is 12.6 Å². The largest absolute Gasteiger partial charge is 0.378 e. The van der Waals surface area contributed by atoms with Gasteiger partial charge in [-0.25, -0.2) is 0 Å². The van der Waals surface area contributed by atoms with Crippen molar-refractivity contribution in [3.05, 3.63) is 0 Å². The lowest BCUT2D eigenvalue weighted by Crippen LogP contribution is -2.49. The summed E-state index contributed by atoms with van der Waals surface area (Å²) >= 11 is 0. The summed E-state index contributed by atoms with van der Waals surface area (Å²) in [5, 5.41) is 2.80. The van der Waals surface area contributed by atoms with Crippen molar-refractivity contribution >= 4 is 5.91 Å². The van der Waals surface area contributed by atoms with Crippen molar-refractivity contribution in [3.63, 3.8) is 0 Å². The van der Waals surface area contributed by atoms with Crippen LogP contribution in [0.15, 0.2) is 0 Å². The first-order chi connectivity index (χ1) is 7.50. The second kappa shape index (κ2) is 6.21. The zero-order chi connectivity index (χ0) is 12.0. The van der Waals surface area contributed by atoms with E-state index >= 15 is 0 Å². The van der Waals surface area contributed by atoms with Crippen molar-refractivity contribution in [1.82, 2.24) is 5.32 Å². The molecule has 94 valence electrons. The highest BCUT2D eigenvalue weighted by molar-refractivity contribution is 5.84. The van der Waals surface area contributed by atoms with Crippen LogP contribution in [0.1, 0.15) is 46.0 Å². The summed E-state index contributed by atoms with van der Waals surface area (Å²) in [5.41, 5.74) is 4.86. The first kappa shape index (κ1) is 13.5. The number of nitrogens with two attached hydrogens (primary N) is 1. The monoisotopic (exact) mass is 228 g/mol. The molecule has 1 amide bonds. The molecule has 0 atom stereocenters. The van der Waals surface area contributed by atoms with Gasteiger partial charge in [0.25, 0.3) is 0 Å². The van der Waals surface area contributed by atoms with Crippen LogP contribution in [0.5, 0.6) is 0 Å². The van der Waals surface area contributed by atoms with Crippen molar-refractivity contribution in [2.24, 2.45) is 5.73 Å². The molecule has 0 aliphatic heterocycles. The molecule has 0 aromatic rings. The quantitative estimate of drug-likeness (QED) is 0.671. The molecule has 1 saturated carbocycles. The molecule has 0 heterocycles. The molecule has 0 saturated heterocycles. The van der Waals surface area contributed by atoms with Gasteiger partial charge in [0.1, 0.15) is 0 Å². The number of carbonyl (C=O) groups is 1. The van der Waals surface area contributed by atoms with Crippen LogP contribution in [0.3, 0.4) is 0 Å². The maximum Gasteiger partial charge on any atom is 0.239 e. The van der Waals surface area contributed by atoms with Gasteiger partial charge in [0.15, 0.2) is 0 Å². The minimum atomic E-state index is -0.785. The molecule has 3 N–H and O–H groups in total. The van der Waals surface area contributed by atoms with Crippen molar-refractivity contribution in [2.75, 3.05) is 13.2 Å². The van der Waals surface area contributed by atoms with Crippen molar-refractivity contribution in [3.8, 4) is 0 Å². The Labute approximate surface area is 97.9 Å². The third-order valence-corrected chi connectivity index (χ3v) is 2.85. The average molecular weight is 228 g/mol. The smallest absolute Gasteiger partial charge is 0.239 e. The first-order valence-electron chi connectivity index (χ1n) is 6.19. The highest BCUT2D eigenvalue weighted by Gasteiger charge is 2.20. The summed E-state index contributed by atoms with van der Waals surface area (Å²) < 4.78 is 5.69. The van der Waals surface area contributed by atoms with E-state index in [-0.39, 0.29) is 5.91 Å². The molecule has 0 unspecified atom stereocenters. The van der Waals surface area contributed by atoms with Crippen molar-refractivity contribution < 1.29 is 9.53 Å². The highest BCUT2D eigenvalue weighted by Crippen LogP contribution is 2.20. The molecule has 0 bridgehead atoms. The predicted molar refractivity (Wildman–Crippen MR) is 64.1 cm³/mol. The number of carbonyl (C=O) groups excluding carboxylic acids is 1.